The highest BCUT2D eigenvalue weighted by molar-refractivity contribution is 5.82. The summed E-state index contributed by atoms with van der Waals surface area (Å²) in [5.41, 5.74) is 0. The van der Waals surface area contributed by atoms with E-state index in [2.05, 4.69) is 17.6 Å². The highest BCUT2D eigenvalue weighted by Gasteiger charge is 2.30. The van der Waals surface area contributed by atoms with E-state index in [1.54, 1.807) is 0 Å². The molecule has 3 heteroatoms. The summed E-state index contributed by atoms with van der Waals surface area (Å²) in [4.78, 5) is 11.8. The summed E-state index contributed by atoms with van der Waals surface area (Å²) in [5, 5.41) is 6.41. The molecular weight excluding hydrogens is 176 g/mol. The van der Waals surface area contributed by atoms with Crippen molar-refractivity contribution >= 4 is 5.91 Å². The highest BCUT2D eigenvalue weighted by Crippen LogP contribution is 2.26. The van der Waals surface area contributed by atoms with Crippen LogP contribution in [0.15, 0.2) is 0 Å². The van der Waals surface area contributed by atoms with Crippen LogP contribution in [0.25, 0.3) is 0 Å². The zero-order chi connectivity index (χ0) is 9.97. The molecule has 2 fully saturated rings. The van der Waals surface area contributed by atoms with Gasteiger partial charge in [0.2, 0.25) is 5.91 Å². The van der Waals surface area contributed by atoms with E-state index < -0.39 is 0 Å². The van der Waals surface area contributed by atoms with Crippen molar-refractivity contribution in [2.45, 2.75) is 51.1 Å². The van der Waals surface area contributed by atoms with Crippen molar-refractivity contribution in [2.24, 2.45) is 5.92 Å². The molecule has 0 radical (unpaired) electrons. The normalized spacial score (nSPS) is 37.4. The molecule has 1 aliphatic heterocycles. The Morgan fingerprint density at radius 1 is 1.29 bits per heavy atom. The van der Waals surface area contributed by atoms with E-state index in [1.807, 2.05) is 0 Å². The molecule has 0 bridgehead atoms. The minimum absolute atomic E-state index is 0.0801. The fourth-order valence-electron chi connectivity index (χ4n) is 2.24. The van der Waals surface area contributed by atoms with E-state index >= 15 is 0 Å². The Kier molecular flexibility index (Phi) is 3.06. The second-order valence-corrected chi connectivity index (χ2v) is 4.67. The molecule has 1 heterocycles. The molecule has 1 saturated carbocycles. The second kappa shape index (κ2) is 4.30. The van der Waals surface area contributed by atoms with Gasteiger partial charge in [0.25, 0.3) is 0 Å². The first kappa shape index (κ1) is 9.97. The Morgan fingerprint density at radius 2 is 2.14 bits per heavy atom. The van der Waals surface area contributed by atoms with Gasteiger partial charge >= 0.3 is 0 Å². The van der Waals surface area contributed by atoms with E-state index in [4.69, 9.17) is 0 Å². The van der Waals surface area contributed by atoms with Gasteiger partial charge in [0.1, 0.15) is 0 Å². The number of hydrogen-bond acceptors (Lipinski definition) is 2. The third-order valence-corrected chi connectivity index (χ3v) is 3.57. The largest absolute Gasteiger partial charge is 0.352 e. The molecule has 2 rings (SSSR count). The topological polar surface area (TPSA) is 41.1 Å². The van der Waals surface area contributed by atoms with Gasteiger partial charge in [0.15, 0.2) is 0 Å². The fraction of sp³-hybridized carbons (Fsp3) is 0.909. The molecule has 3 atom stereocenters. The maximum absolute atomic E-state index is 11.8. The fourth-order valence-corrected chi connectivity index (χ4v) is 2.24. The molecular formula is C11H20N2O. The van der Waals surface area contributed by atoms with Crippen LogP contribution < -0.4 is 10.6 Å². The average Bonchev–Trinajstić information content (AvgIpc) is 2.24. The zero-order valence-electron chi connectivity index (χ0n) is 8.88. The lowest BCUT2D eigenvalue weighted by Crippen LogP contribution is -2.53. The minimum Gasteiger partial charge on any atom is -0.352 e. The van der Waals surface area contributed by atoms with Gasteiger partial charge in [-0.1, -0.05) is 13.3 Å². The lowest BCUT2D eigenvalue weighted by molar-refractivity contribution is -0.125. The van der Waals surface area contributed by atoms with Gasteiger partial charge in [-0.15, -0.1) is 0 Å². The first-order valence-electron chi connectivity index (χ1n) is 5.81. The van der Waals surface area contributed by atoms with Crippen LogP contribution in [0.2, 0.25) is 0 Å². The van der Waals surface area contributed by atoms with Gasteiger partial charge in [-0.05, 0) is 38.1 Å². The number of nitrogens with one attached hydrogen (secondary N) is 2. The van der Waals surface area contributed by atoms with Crippen LogP contribution in [-0.2, 0) is 4.79 Å². The van der Waals surface area contributed by atoms with Gasteiger partial charge in [0.05, 0.1) is 6.04 Å². The van der Waals surface area contributed by atoms with Gasteiger partial charge in [-0.25, -0.2) is 0 Å². The smallest absolute Gasteiger partial charge is 0.237 e. The Morgan fingerprint density at radius 3 is 2.64 bits per heavy atom. The number of piperidine rings is 1. The number of rotatable bonds is 2. The Labute approximate surface area is 85.6 Å². The molecule has 2 aliphatic rings. The van der Waals surface area contributed by atoms with Gasteiger partial charge in [-0.2, -0.15) is 0 Å². The molecule has 1 aliphatic carbocycles. The lowest BCUT2D eigenvalue weighted by atomic mass is 9.81. The monoisotopic (exact) mass is 196 g/mol. The number of carbonyl (C=O) groups excluding carboxylic acids is 1. The van der Waals surface area contributed by atoms with E-state index in [0.717, 1.165) is 13.0 Å². The zero-order valence-corrected chi connectivity index (χ0v) is 8.88. The quantitative estimate of drug-likeness (QED) is 0.693. The second-order valence-electron chi connectivity index (χ2n) is 4.67. The number of amides is 1. The van der Waals surface area contributed by atoms with Crippen LogP contribution in [0.1, 0.15) is 39.0 Å². The standard InChI is InChI=1S/C11H20N2O/c1-8-5-6-9(8)13-11(14)10-4-2-3-7-12-10/h8-10,12H,2-7H2,1H3,(H,13,14)/t8?,9?,10-/m0/s1. The van der Waals surface area contributed by atoms with Crippen molar-refractivity contribution < 1.29 is 4.79 Å². The van der Waals surface area contributed by atoms with E-state index in [0.29, 0.717) is 12.0 Å². The third kappa shape index (κ3) is 2.08. The van der Waals surface area contributed by atoms with Crippen LogP contribution in [0.3, 0.4) is 0 Å². The molecule has 3 nitrogen and oxygen atoms in total. The maximum Gasteiger partial charge on any atom is 0.237 e. The molecule has 2 N–H and O–H groups in total. The molecule has 0 aromatic heterocycles. The first-order valence-corrected chi connectivity index (χ1v) is 5.81. The molecule has 2 unspecified atom stereocenters. The van der Waals surface area contributed by atoms with Crippen molar-refractivity contribution in [3.8, 4) is 0 Å². The highest BCUT2D eigenvalue weighted by atomic mass is 16.2. The maximum atomic E-state index is 11.8. The molecule has 0 aromatic rings. The van der Waals surface area contributed by atoms with Crippen molar-refractivity contribution in [2.75, 3.05) is 6.54 Å². The van der Waals surface area contributed by atoms with Crippen LogP contribution in [-0.4, -0.2) is 24.5 Å². The molecule has 0 aromatic carbocycles. The summed E-state index contributed by atoms with van der Waals surface area (Å²) in [7, 11) is 0. The van der Waals surface area contributed by atoms with Crippen LogP contribution in [0.5, 0.6) is 0 Å². The third-order valence-electron chi connectivity index (χ3n) is 3.57. The van der Waals surface area contributed by atoms with E-state index in [1.165, 1.54) is 25.7 Å². The number of carbonyl (C=O) groups is 1. The SMILES string of the molecule is CC1CCC1NC(=O)[C@@H]1CCCCN1. The van der Waals surface area contributed by atoms with Crippen LogP contribution >= 0.6 is 0 Å². The van der Waals surface area contributed by atoms with E-state index in [9.17, 15) is 4.79 Å². The Bertz CT molecular complexity index is 211. The molecule has 1 saturated heterocycles. The summed E-state index contributed by atoms with van der Waals surface area (Å²) in [6.45, 7) is 3.21. The molecule has 1 amide bonds. The van der Waals surface area contributed by atoms with Crippen molar-refractivity contribution in [1.82, 2.24) is 10.6 Å². The van der Waals surface area contributed by atoms with Crippen molar-refractivity contribution in [1.29, 1.82) is 0 Å². The molecule has 14 heavy (non-hydrogen) atoms. The van der Waals surface area contributed by atoms with Gasteiger partial charge in [0, 0.05) is 6.04 Å². The summed E-state index contributed by atoms with van der Waals surface area (Å²) < 4.78 is 0. The Hall–Kier alpha value is -0.570. The minimum atomic E-state index is 0.0801. The first-order chi connectivity index (χ1) is 6.77. The molecule has 0 spiro atoms. The van der Waals surface area contributed by atoms with Gasteiger partial charge in [-0.3, -0.25) is 4.79 Å². The summed E-state index contributed by atoms with van der Waals surface area (Å²) in [6.07, 6.45) is 5.84. The summed E-state index contributed by atoms with van der Waals surface area (Å²) in [5.74, 6) is 0.906. The average molecular weight is 196 g/mol. The summed E-state index contributed by atoms with van der Waals surface area (Å²) >= 11 is 0. The van der Waals surface area contributed by atoms with Gasteiger partial charge < -0.3 is 10.6 Å². The van der Waals surface area contributed by atoms with Crippen molar-refractivity contribution in [3.63, 3.8) is 0 Å². The predicted molar refractivity (Wildman–Crippen MR) is 56.0 cm³/mol. The lowest BCUT2D eigenvalue weighted by Gasteiger charge is -2.36. The van der Waals surface area contributed by atoms with Crippen LogP contribution in [0, 0.1) is 5.92 Å². The Balaban J connectivity index is 1.76. The molecule has 80 valence electrons. The summed E-state index contributed by atoms with van der Waals surface area (Å²) in [6, 6.07) is 0.530. The van der Waals surface area contributed by atoms with E-state index in [-0.39, 0.29) is 11.9 Å². The predicted octanol–water partition coefficient (Wildman–Crippen LogP) is 1.04. The number of hydrogen-bond donors (Lipinski definition) is 2. The van der Waals surface area contributed by atoms with Crippen molar-refractivity contribution in [3.05, 3.63) is 0 Å². The van der Waals surface area contributed by atoms with Crippen LogP contribution in [0.4, 0.5) is 0 Å².